The van der Waals surface area contributed by atoms with Gasteiger partial charge in [0.05, 0.1) is 19.3 Å². The Balaban J connectivity index is 2.02. The second-order valence-corrected chi connectivity index (χ2v) is 5.73. The summed E-state index contributed by atoms with van der Waals surface area (Å²) in [6.45, 7) is 7.65. The molecule has 19 heavy (non-hydrogen) atoms. The first-order chi connectivity index (χ1) is 9.15. The first-order valence-corrected chi connectivity index (χ1v) is 7.49. The maximum Gasteiger partial charge on any atom is 0.239 e. The average Bonchev–Trinajstić information content (AvgIpc) is 2.46. The zero-order valence-electron chi connectivity index (χ0n) is 12.2. The second kappa shape index (κ2) is 6.68. The van der Waals surface area contributed by atoms with Gasteiger partial charge in [0.1, 0.15) is 0 Å². The molecule has 0 radical (unpaired) electrons. The largest absolute Gasteiger partial charge is 0.378 e. The molecule has 0 aromatic carbocycles. The fourth-order valence-corrected chi connectivity index (χ4v) is 3.42. The molecule has 2 rings (SSSR count). The molecule has 0 aliphatic carbocycles. The quantitative estimate of drug-likeness (QED) is 0.807. The molecule has 2 heterocycles. The molecule has 110 valence electrons. The minimum Gasteiger partial charge on any atom is -0.378 e. The Morgan fingerprint density at radius 1 is 1.37 bits per heavy atom. The predicted molar refractivity (Wildman–Crippen MR) is 74.9 cm³/mol. The van der Waals surface area contributed by atoms with Crippen LogP contribution in [0, 0.1) is 0 Å². The highest BCUT2D eigenvalue weighted by Gasteiger charge is 2.35. The molecule has 0 aromatic heterocycles. The van der Waals surface area contributed by atoms with Crippen molar-refractivity contribution in [3.8, 4) is 0 Å². The summed E-state index contributed by atoms with van der Waals surface area (Å²) in [5, 5.41) is 0. The van der Waals surface area contributed by atoms with E-state index in [1.54, 1.807) is 0 Å². The third-order valence-electron chi connectivity index (χ3n) is 4.49. The first-order valence-electron chi connectivity index (χ1n) is 7.49. The van der Waals surface area contributed by atoms with Crippen LogP contribution in [0.2, 0.25) is 0 Å². The van der Waals surface area contributed by atoms with E-state index in [-0.39, 0.29) is 11.9 Å². The number of nitrogens with two attached hydrogens (primary N) is 1. The van der Waals surface area contributed by atoms with Crippen LogP contribution in [0.25, 0.3) is 0 Å². The number of piperidine rings is 1. The van der Waals surface area contributed by atoms with Gasteiger partial charge in [-0.25, -0.2) is 0 Å². The van der Waals surface area contributed by atoms with Crippen LogP contribution in [0.3, 0.4) is 0 Å². The Kier molecular flexibility index (Phi) is 5.19. The number of nitrogens with zero attached hydrogens (tertiary/aromatic N) is 2. The molecule has 2 N–H and O–H groups in total. The molecule has 5 heteroatoms. The minimum atomic E-state index is -0.0676. The summed E-state index contributed by atoms with van der Waals surface area (Å²) in [4.78, 5) is 16.9. The lowest BCUT2D eigenvalue weighted by Gasteiger charge is -2.44. The van der Waals surface area contributed by atoms with Crippen molar-refractivity contribution in [1.29, 1.82) is 0 Å². The Hall–Kier alpha value is -0.650. The fraction of sp³-hybridized carbons (Fsp3) is 0.929. The topological polar surface area (TPSA) is 58.8 Å². The summed E-state index contributed by atoms with van der Waals surface area (Å²) in [5.41, 5.74) is 5.89. The van der Waals surface area contributed by atoms with Crippen molar-refractivity contribution >= 4 is 5.91 Å². The maximum absolute atomic E-state index is 12.6. The number of hydrogen-bond donors (Lipinski definition) is 1. The van der Waals surface area contributed by atoms with E-state index in [2.05, 4.69) is 11.8 Å². The van der Waals surface area contributed by atoms with Gasteiger partial charge in [-0.15, -0.1) is 0 Å². The normalized spacial score (nSPS) is 31.2. The fourth-order valence-electron chi connectivity index (χ4n) is 3.42. The number of rotatable bonds is 3. The van der Waals surface area contributed by atoms with Gasteiger partial charge in [0, 0.05) is 31.7 Å². The van der Waals surface area contributed by atoms with E-state index < -0.39 is 0 Å². The Labute approximate surface area is 116 Å². The SMILES string of the molecule is CC1CCCC(CN)N1C(C)C(=O)N1CCOCC1. The Morgan fingerprint density at radius 2 is 2.05 bits per heavy atom. The van der Waals surface area contributed by atoms with E-state index in [0.29, 0.717) is 31.8 Å². The first kappa shape index (κ1) is 14.8. The molecule has 2 aliphatic rings. The van der Waals surface area contributed by atoms with Crippen molar-refractivity contribution in [3.05, 3.63) is 0 Å². The molecule has 2 aliphatic heterocycles. The Bertz CT molecular complexity index is 305. The lowest BCUT2D eigenvalue weighted by Crippen LogP contribution is -2.58. The van der Waals surface area contributed by atoms with Crippen LogP contribution in [0.15, 0.2) is 0 Å². The average molecular weight is 269 g/mol. The molecule has 0 saturated carbocycles. The van der Waals surface area contributed by atoms with Crippen molar-refractivity contribution < 1.29 is 9.53 Å². The molecular formula is C14H27N3O2. The summed E-state index contributed by atoms with van der Waals surface area (Å²) in [7, 11) is 0. The maximum atomic E-state index is 12.6. The Morgan fingerprint density at radius 3 is 2.68 bits per heavy atom. The van der Waals surface area contributed by atoms with Gasteiger partial charge in [-0.1, -0.05) is 6.42 Å². The van der Waals surface area contributed by atoms with Crippen molar-refractivity contribution in [3.63, 3.8) is 0 Å². The third kappa shape index (κ3) is 3.27. The smallest absolute Gasteiger partial charge is 0.239 e. The van der Waals surface area contributed by atoms with E-state index in [1.165, 1.54) is 6.42 Å². The highest BCUT2D eigenvalue weighted by atomic mass is 16.5. The molecule has 2 fully saturated rings. The van der Waals surface area contributed by atoms with Crippen molar-refractivity contribution in [2.75, 3.05) is 32.8 Å². The zero-order valence-corrected chi connectivity index (χ0v) is 12.2. The van der Waals surface area contributed by atoms with Gasteiger partial charge in [0.15, 0.2) is 0 Å². The van der Waals surface area contributed by atoms with Crippen molar-refractivity contribution in [1.82, 2.24) is 9.80 Å². The van der Waals surface area contributed by atoms with Gasteiger partial charge < -0.3 is 15.4 Å². The number of likely N-dealkylation sites (tertiary alicyclic amines) is 1. The molecule has 1 amide bonds. The third-order valence-corrected chi connectivity index (χ3v) is 4.49. The summed E-state index contributed by atoms with van der Waals surface area (Å²) in [6, 6.07) is 0.730. The van der Waals surface area contributed by atoms with E-state index >= 15 is 0 Å². The highest BCUT2D eigenvalue weighted by Crippen LogP contribution is 2.25. The van der Waals surface area contributed by atoms with Crippen LogP contribution in [0.5, 0.6) is 0 Å². The van der Waals surface area contributed by atoms with Crippen LogP contribution in [0.1, 0.15) is 33.1 Å². The number of carbonyl (C=O) groups excluding carboxylic acids is 1. The van der Waals surface area contributed by atoms with Crippen molar-refractivity contribution in [2.24, 2.45) is 5.73 Å². The van der Waals surface area contributed by atoms with Crippen LogP contribution in [-0.4, -0.2) is 66.7 Å². The molecule has 0 bridgehead atoms. The number of carbonyl (C=O) groups is 1. The molecule has 2 saturated heterocycles. The van der Waals surface area contributed by atoms with Crippen molar-refractivity contribution in [2.45, 2.75) is 51.2 Å². The van der Waals surface area contributed by atoms with Crippen LogP contribution in [-0.2, 0) is 9.53 Å². The van der Waals surface area contributed by atoms with Crippen LogP contribution in [0.4, 0.5) is 0 Å². The predicted octanol–water partition coefficient (Wildman–Crippen LogP) is 0.435. The van der Waals surface area contributed by atoms with Crippen LogP contribution >= 0.6 is 0 Å². The number of morpholine rings is 1. The standard InChI is InChI=1S/C14H27N3O2/c1-11-4-3-5-13(10-15)17(11)12(2)14(18)16-6-8-19-9-7-16/h11-13H,3-10,15H2,1-2H3. The summed E-state index contributed by atoms with van der Waals surface area (Å²) in [6.07, 6.45) is 3.50. The monoisotopic (exact) mass is 269 g/mol. The van der Waals surface area contributed by atoms with Gasteiger partial charge in [-0.3, -0.25) is 9.69 Å². The molecular weight excluding hydrogens is 242 g/mol. The number of amides is 1. The van der Waals surface area contributed by atoms with E-state index in [4.69, 9.17) is 10.5 Å². The number of hydrogen-bond acceptors (Lipinski definition) is 4. The lowest BCUT2D eigenvalue weighted by molar-refractivity contribution is -0.143. The van der Waals surface area contributed by atoms with Crippen LogP contribution < -0.4 is 5.73 Å². The second-order valence-electron chi connectivity index (χ2n) is 5.73. The minimum absolute atomic E-state index is 0.0676. The van der Waals surface area contributed by atoms with Gasteiger partial charge in [0.25, 0.3) is 0 Å². The summed E-state index contributed by atoms with van der Waals surface area (Å²) in [5.74, 6) is 0.232. The van der Waals surface area contributed by atoms with Gasteiger partial charge in [0.2, 0.25) is 5.91 Å². The van der Waals surface area contributed by atoms with E-state index in [1.807, 2.05) is 11.8 Å². The summed E-state index contributed by atoms with van der Waals surface area (Å²) < 4.78 is 5.31. The van der Waals surface area contributed by atoms with E-state index in [0.717, 1.165) is 25.9 Å². The number of ether oxygens (including phenoxy) is 1. The molecule has 0 aromatic rings. The van der Waals surface area contributed by atoms with E-state index in [9.17, 15) is 4.79 Å². The van der Waals surface area contributed by atoms with Gasteiger partial charge in [-0.2, -0.15) is 0 Å². The zero-order chi connectivity index (χ0) is 13.8. The summed E-state index contributed by atoms with van der Waals surface area (Å²) >= 11 is 0. The molecule has 0 spiro atoms. The molecule has 3 atom stereocenters. The van der Waals surface area contributed by atoms with Gasteiger partial charge >= 0.3 is 0 Å². The molecule has 5 nitrogen and oxygen atoms in total. The lowest BCUT2D eigenvalue weighted by atomic mass is 9.94. The highest BCUT2D eigenvalue weighted by molar-refractivity contribution is 5.81. The van der Waals surface area contributed by atoms with Gasteiger partial charge in [-0.05, 0) is 26.7 Å². The molecule has 3 unspecified atom stereocenters.